The second kappa shape index (κ2) is 9.61. The van der Waals surface area contributed by atoms with Gasteiger partial charge in [-0.3, -0.25) is 9.59 Å². The van der Waals surface area contributed by atoms with E-state index in [4.69, 9.17) is 5.11 Å². The largest absolute Gasteiger partial charge is 0.478 e. The third kappa shape index (κ3) is 6.95. The molecule has 0 fully saturated rings. The summed E-state index contributed by atoms with van der Waals surface area (Å²) in [6.07, 6.45) is 4.11. The topological polar surface area (TPSA) is 95.5 Å². The van der Waals surface area contributed by atoms with Crippen LogP contribution in [0.2, 0.25) is 0 Å². The molecule has 1 rings (SSSR count). The van der Waals surface area contributed by atoms with Crippen LogP contribution in [-0.2, 0) is 9.59 Å². The Morgan fingerprint density at radius 1 is 0.870 bits per heavy atom. The van der Waals surface area contributed by atoms with Gasteiger partial charge in [-0.15, -0.1) is 0 Å². The van der Waals surface area contributed by atoms with Gasteiger partial charge in [0.15, 0.2) is 0 Å². The predicted molar refractivity (Wildman–Crippen MR) is 89.7 cm³/mol. The number of carbonyl (C=O) groups is 3. The van der Waals surface area contributed by atoms with E-state index in [1.54, 1.807) is 6.07 Å². The van der Waals surface area contributed by atoms with Gasteiger partial charge in [0.25, 0.3) is 0 Å². The number of hydrogen-bond acceptors (Lipinski definition) is 3. The smallest absolute Gasteiger partial charge is 0.335 e. The zero-order chi connectivity index (χ0) is 17.2. The van der Waals surface area contributed by atoms with E-state index in [2.05, 4.69) is 10.6 Å². The summed E-state index contributed by atoms with van der Waals surface area (Å²) in [5.74, 6) is -1.45. The molecule has 0 aliphatic heterocycles. The van der Waals surface area contributed by atoms with Gasteiger partial charge in [-0.25, -0.2) is 4.79 Å². The van der Waals surface area contributed by atoms with Gasteiger partial charge in [-0.05, 0) is 31.0 Å². The highest BCUT2D eigenvalue weighted by Gasteiger charge is 2.11. The van der Waals surface area contributed by atoms with Crippen LogP contribution >= 0.6 is 0 Å². The molecule has 126 valence electrons. The minimum absolute atomic E-state index is 0.0177. The van der Waals surface area contributed by atoms with Gasteiger partial charge >= 0.3 is 5.97 Å². The molecule has 1 aromatic rings. The van der Waals surface area contributed by atoms with Crippen LogP contribution in [0.4, 0.5) is 11.4 Å². The summed E-state index contributed by atoms with van der Waals surface area (Å²) in [7, 11) is 0. The number of unbranched alkanes of at least 4 members (excludes halogenated alkanes) is 2. The van der Waals surface area contributed by atoms with Gasteiger partial charge in [0, 0.05) is 24.2 Å². The standard InChI is InChI=1S/C17H24N2O4/c1-3-5-7-15(20)18-13-9-12(17(22)23)10-14(11-13)19-16(21)8-6-4-2/h9-11H,3-8H2,1-2H3,(H,18,20)(H,19,21)(H,22,23). The first kappa shape index (κ1) is 18.7. The van der Waals surface area contributed by atoms with Crippen molar-refractivity contribution in [3.8, 4) is 0 Å². The van der Waals surface area contributed by atoms with E-state index in [9.17, 15) is 14.4 Å². The Kier molecular flexibility index (Phi) is 7.80. The van der Waals surface area contributed by atoms with E-state index in [1.165, 1.54) is 12.1 Å². The second-order valence-electron chi connectivity index (χ2n) is 5.41. The zero-order valence-corrected chi connectivity index (χ0v) is 13.6. The number of anilines is 2. The highest BCUT2D eigenvalue weighted by molar-refractivity contribution is 5.98. The molecule has 6 nitrogen and oxygen atoms in total. The van der Waals surface area contributed by atoms with Crippen LogP contribution in [0.5, 0.6) is 0 Å². The van der Waals surface area contributed by atoms with Gasteiger partial charge in [0.05, 0.1) is 5.56 Å². The Morgan fingerprint density at radius 2 is 1.30 bits per heavy atom. The summed E-state index contributed by atoms with van der Waals surface area (Å²) in [6.45, 7) is 3.98. The van der Waals surface area contributed by atoms with Crippen molar-refractivity contribution in [2.45, 2.75) is 52.4 Å². The maximum absolute atomic E-state index is 11.8. The average Bonchev–Trinajstić information content (AvgIpc) is 2.50. The van der Waals surface area contributed by atoms with Gasteiger partial charge in [0.2, 0.25) is 11.8 Å². The normalized spacial score (nSPS) is 10.2. The molecule has 0 saturated heterocycles. The Hall–Kier alpha value is -2.37. The summed E-state index contributed by atoms with van der Waals surface area (Å²) in [4.78, 5) is 34.8. The summed E-state index contributed by atoms with van der Waals surface area (Å²) in [5.41, 5.74) is 0.762. The van der Waals surface area contributed by atoms with Crippen molar-refractivity contribution in [1.82, 2.24) is 0 Å². The molecule has 0 spiro atoms. The molecule has 1 aromatic carbocycles. The molecule has 0 bridgehead atoms. The maximum Gasteiger partial charge on any atom is 0.335 e. The molecule has 6 heteroatoms. The predicted octanol–water partition coefficient (Wildman–Crippen LogP) is 3.64. The Balaban J connectivity index is 2.87. The summed E-state index contributed by atoms with van der Waals surface area (Å²) >= 11 is 0. The van der Waals surface area contributed by atoms with Gasteiger partial charge in [0.1, 0.15) is 0 Å². The van der Waals surface area contributed by atoms with E-state index in [0.717, 1.165) is 25.7 Å². The third-order valence-electron chi connectivity index (χ3n) is 3.26. The molecule has 0 saturated carbocycles. The van der Waals surface area contributed by atoms with E-state index in [0.29, 0.717) is 24.2 Å². The molecular weight excluding hydrogens is 296 g/mol. The molecule has 0 radical (unpaired) electrons. The van der Waals surface area contributed by atoms with Crippen LogP contribution in [0, 0.1) is 0 Å². The van der Waals surface area contributed by atoms with E-state index >= 15 is 0 Å². The number of nitrogens with one attached hydrogen (secondary N) is 2. The minimum atomic E-state index is -1.11. The molecule has 0 atom stereocenters. The molecule has 3 N–H and O–H groups in total. The molecule has 0 heterocycles. The SMILES string of the molecule is CCCCC(=O)Nc1cc(NC(=O)CCCC)cc(C(=O)O)c1. The van der Waals surface area contributed by atoms with Crippen molar-refractivity contribution in [1.29, 1.82) is 0 Å². The fraction of sp³-hybridized carbons (Fsp3) is 0.471. The number of hydrogen-bond donors (Lipinski definition) is 3. The fourth-order valence-corrected chi connectivity index (χ4v) is 2.02. The molecule has 0 aliphatic rings. The maximum atomic E-state index is 11.8. The van der Waals surface area contributed by atoms with Crippen molar-refractivity contribution in [2.75, 3.05) is 10.6 Å². The Morgan fingerprint density at radius 3 is 1.65 bits per heavy atom. The van der Waals surface area contributed by atoms with Crippen molar-refractivity contribution in [2.24, 2.45) is 0 Å². The number of carboxylic acid groups (broad SMARTS) is 1. The minimum Gasteiger partial charge on any atom is -0.478 e. The molecular formula is C17H24N2O4. The van der Waals surface area contributed by atoms with Crippen molar-refractivity contribution in [3.05, 3.63) is 23.8 Å². The van der Waals surface area contributed by atoms with Crippen molar-refractivity contribution in [3.63, 3.8) is 0 Å². The fourth-order valence-electron chi connectivity index (χ4n) is 2.02. The zero-order valence-electron chi connectivity index (χ0n) is 13.6. The summed E-state index contributed by atoms with van der Waals surface area (Å²) < 4.78 is 0. The van der Waals surface area contributed by atoms with Crippen LogP contribution in [0.15, 0.2) is 18.2 Å². The van der Waals surface area contributed by atoms with Crippen LogP contribution in [-0.4, -0.2) is 22.9 Å². The van der Waals surface area contributed by atoms with E-state index in [1.807, 2.05) is 13.8 Å². The highest BCUT2D eigenvalue weighted by Crippen LogP contribution is 2.20. The van der Waals surface area contributed by atoms with Crippen LogP contribution in [0.1, 0.15) is 62.7 Å². The molecule has 0 aromatic heterocycles. The molecule has 0 unspecified atom stereocenters. The molecule has 23 heavy (non-hydrogen) atoms. The lowest BCUT2D eigenvalue weighted by atomic mass is 10.1. The van der Waals surface area contributed by atoms with Crippen LogP contribution < -0.4 is 10.6 Å². The lowest BCUT2D eigenvalue weighted by Gasteiger charge is -2.10. The number of amides is 2. The van der Waals surface area contributed by atoms with Crippen LogP contribution in [0.3, 0.4) is 0 Å². The summed E-state index contributed by atoms with van der Waals surface area (Å²) in [6, 6.07) is 4.34. The summed E-state index contributed by atoms with van der Waals surface area (Å²) in [5, 5.41) is 14.5. The number of carbonyl (C=O) groups excluding carboxylic acids is 2. The first-order valence-corrected chi connectivity index (χ1v) is 7.94. The lowest BCUT2D eigenvalue weighted by Crippen LogP contribution is -2.14. The van der Waals surface area contributed by atoms with Crippen LogP contribution in [0.25, 0.3) is 0 Å². The third-order valence-corrected chi connectivity index (χ3v) is 3.26. The van der Waals surface area contributed by atoms with E-state index < -0.39 is 5.97 Å². The quantitative estimate of drug-likeness (QED) is 0.647. The highest BCUT2D eigenvalue weighted by atomic mass is 16.4. The van der Waals surface area contributed by atoms with Gasteiger partial charge < -0.3 is 15.7 Å². The second-order valence-corrected chi connectivity index (χ2v) is 5.41. The number of carboxylic acids is 1. The Bertz CT molecular complexity index is 529. The number of benzene rings is 1. The average molecular weight is 320 g/mol. The lowest BCUT2D eigenvalue weighted by molar-refractivity contribution is -0.117. The van der Waals surface area contributed by atoms with Gasteiger partial charge in [-0.1, -0.05) is 26.7 Å². The molecule has 2 amide bonds. The number of aromatic carboxylic acids is 1. The monoisotopic (exact) mass is 320 g/mol. The first-order chi connectivity index (χ1) is 11.0. The van der Waals surface area contributed by atoms with E-state index in [-0.39, 0.29) is 17.4 Å². The van der Waals surface area contributed by atoms with Gasteiger partial charge in [-0.2, -0.15) is 0 Å². The first-order valence-electron chi connectivity index (χ1n) is 7.94. The van der Waals surface area contributed by atoms with Crippen molar-refractivity contribution >= 4 is 29.2 Å². The van der Waals surface area contributed by atoms with Crippen molar-refractivity contribution < 1.29 is 19.5 Å². The Labute approximate surface area is 136 Å². The molecule has 0 aliphatic carbocycles. The number of rotatable bonds is 9.